The number of carbonyl (C=O) groups is 2. The second-order valence-corrected chi connectivity index (χ2v) is 12.4. The van der Waals surface area contributed by atoms with Crippen LogP contribution in [0.4, 0.5) is 35.1 Å². The van der Waals surface area contributed by atoms with Crippen LogP contribution in [0.1, 0.15) is 62.4 Å². The summed E-state index contributed by atoms with van der Waals surface area (Å²) in [6.45, 7) is 4.68. The van der Waals surface area contributed by atoms with E-state index in [1.165, 1.54) is 12.1 Å². The van der Waals surface area contributed by atoms with E-state index in [0.717, 1.165) is 41.5 Å². The number of hydrazine groups is 1. The highest BCUT2D eigenvalue weighted by atomic mass is 19.4. The van der Waals surface area contributed by atoms with Crippen LogP contribution >= 0.6 is 0 Å². The van der Waals surface area contributed by atoms with E-state index in [0.29, 0.717) is 12.5 Å². The second-order valence-electron chi connectivity index (χ2n) is 12.4. The van der Waals surface area contributed by atoms with E-state index in [9.17, 15) is 49.8 Å². The van der Waals surface area contributed by atoms with Crippen molar-refractivity contribution < 1.29 is 49.8 Å². The number of alkyl halides is 6. The normalized spacial score (nSPS) is 20.1. The molecule has 6 nitrogen and oxygen atoms in total. The van der Waals surface area contributed by atoms with Gasteiger partial charge in [0.15, 0.2) is 17.4 Å². The number of benzene rings is 2. The molecular formula is C33H29F8N3O3. The molecule has 2 aromatic carbocycles. The number of ketones is 1. The summed E-state index contributed by atoms with van der Waals surface area (Å²) in [7, 11) is 0. The number of pyridine rings is 1. The van der Waals surface area contributed by atoms with E-state index in [2.05, 4.69) is 4.98 Å². The molecule has 0 radical (unpaired) electrons. The fourth-order valence-corrected chi connectivity index (χ4v) is 6.41. The van der Waals surface area contributed by atoms with E-state index in [4.69, 9.17) is 0 Å². The molecule has 250 valence electrons. The molecule has 0 bridgehead atoms. The molecule has 1 aromatic heterocycles. The topological polar surface area (TPSA) is 73.7 Å². The molecule has 0 spiro atoms. The lowest BCUT2D eigenvalue weighted by atomic mass is 9.87. The Bertz CT molecular complexity index is 1770. The third kappa shape index (κ3) is 6.22. The lowest BCUT2D eigenvalue weighted by Gasteiger charge is -2.51. The number of rotatable bonds is 7. The molecule has 0 saturated carbocycles. The summed E-state index contributed by atoms with van der Waals surface area (Å²) in [6.07, 6.45) is -8.92. The van der Waals surface area contributed by atoms with Gasteiger partial charge in [-0.1, -0.05) is 24.3 Å². The van der Waals surface area contributed by atoms with Gasteiger partial charge in [-0.05, 0) is 75.4 Å². The molecule has 1 fully saturated rings. The van der Waals surface area contributed by atoms with Crippen molar-refractivity contribution in [3.63, 3.8) is 0 Å². The molecule has 3 aromatic rings. The van der Waals surface area contributed by atoms with Gasteiger partial charge in [0.25, 0.3) is 5.91 Å². The summed E-state index contributed by atoms with van der Waals surface area (Å²) in [6, 6.07) is 7.73. The molecule has 2 aliphatic rings. The van der Waals surface area contributed by atoms with Crippen LogP contribution in [-0.4, -0.2) is 42.9 Å². The van der Waals surface area contributed by atoms with Gasteiger partial charge in [0.2, 0.25) is 0 Å². The minimum Gasteiger partial charge on any atom is -0.509 e. The first-order valence-corrected chi connectivity index (χ1v) is 14.5. The van der Waals surface area contributed by atoms with Crippen LogP contribution in [0.15, 0.2) is 66.1 Å². The molecule has 1 N–H and O–H groups in total. The quantitative estimate of drug-likeness (QED) is 0.205. The van der Waals surface area contributed by atoms with Gasteiger partial charge in [-0.3, -0.25) is 19.6 Å². The summed E-state index contributed by atoms with van der Waals surface area (Å²) < 4.78 is 109. The van der Waals surface area contributed by atoms with Crippen LogP contribution in [0.3, 0.4) is 0 Å². The van der Waals surface area contributed by atoms with E-state index in [1.807, 2.05) is 0 Å². The first kappa shape index (κ1) is 34.0. The van der Waals surface area contributed by atoms with Crippen LogP contribution in [-0.2, 0) is 34.9 Å². The summed E-state index contributed by atoms with van der Waals surface area (Å²) in [5.74, 6) is -4.81. The largest absolute Gasteiger partial charge is 0.509 e. The summed E-state index contributed by atoms with van der Waals surface area (Å²) >= 11 is 0. The molecule has 1 atom stereocenters. The van der Waals surface area contributed by atoms with Crippen LogP contribution < -0.4 is 0 Å². The van der Waals surface area contributed by atoms with Crippen molar-refractivity contribution in [2.24, 2.45) is 0 Å². The van der Waals surface area contributed by atoms with Gasteiger partial charge in [0.1, 0.15) is 17.0 Å². The number of Topliss-reactive ketones (excluding diaryl/α,β-unsaturated/α-hetero) is 1. The highest BCUT2D eigenvalue weighted by molar-refractivity contribution is 6.20. The number of hydrogen-bond acceptors (Lipinski definition) is 5. The number of aliphatic hydroxyl groups is 1. The van der Waals surface area contributed by atoms with Crippen molar-refractivity contribution in [1.82, 2.24) is 15.0 Å². The van der Waals surface area contributed by atoms with Crippen molar-refractivity contribution in [2.45, 2.75) is 76.4 Å². The zero-order valence-corrected chi connectivity index (χ0v) is 25.4. The monoisotopic (exact) mass is 667 g/mol. The van der Waals surface area contributed by atoms with Crippen LogP contribution in [0.25, 0.3) is 11.1 Å². The highest BCUT2D eigenvalue weighted by Gasteiger charge is 2.59. The van der Waals surface area contributed by atoms with Crippen molar-refractivity contribution >= 4 is 11.7 Å². The fourth-order valence-electron chi connectivity index (χ4n) is 6.41. The number of halogens is 8. The minimum absolute atomic E-state index is 0.0598. The Labute approximate surface area is 264 Å². The summed E-state index contributed by atoms with van der Waals surface area (Å²) in [5.41, 5.74) is -5.09. The van der Waals surface area contributed by atoms with Crippen molar-refractivity contribution in [1.29, 1.82) is 0 Å². The highest BCUT2D eigenvalue weighted by Crippen LogP contribution is 2.49. The van der Waals surface area contributed by atoms with E-state index < -0.39 is 88.7 Å². The number of nitrogens with zero attached hydrogens (tertiary/aromatic N) is 3. The van der Waals surface area contributed by atoms with Crippen molar-refractivity contribution in [3.8, 4) is 11.1 Å². The SMILES string of the molecule is CC1(C)CCC2(C)C(O)=C(C(=O)CCc3cc(C(F)(F)F)ccc3-c3ccc(C(F)(F)F)nc3)C(=O)N(Cc3cccc(F)c3F)N12. The average molecular weight is 668 g/mol. The summed E-state index contributed by atoms with van der Waals surface area (Å²) in [4.78, 5) is 31.0. The maximum absolute atomic E-state index is 14.7. The maximum atomic E-state index is 14.7. The Hall–Kier alpha value is -4.33. The van der Waals surface area contributed by atoms with Gasteiger partial charge >= 0.3 is 12.4 Å². The number of carbonyl (C=O) groups excluding carboxylic acids is 2. The van der Waals surface area contributed by atoms with E-state index >= 15 is 0 Å². The van der Waals surface area contributed by atoms with Crippen molar-refractivity contribution in [2.75, 3.05) is 0 Å². The summed E-state index contributed by atoms with van der Waals surface area (Å²) in [5, 5.41) is 14.0. The third-order valence-corrected chi connectivity index (χ3v) is 8.75. The number of aliphatic hydroxyl groups excluding tert-OH is 1. The second kappa shape index (κ2) is 11.7. The van der Waals surface area contributed by atoms with Gasteiger partial charge in [-0.2, -0.15) is 31.4 Å². The molecule has 1 saturated heterocycles. The number of hydrogen-bond donors (Lipinski definition) is 1. The number of amides is 1. The average Bonchev–Trinajstić information content (AvgIpc) is 3.25. The van der Waals surface area contributed by atoms with Crippen LogP contribution in [0, 0.1) is 11.6 Å². The first-order chi connectivity index (χ1) is 21.8. The Kier molecular flexibility index (Phi) is 8.49. The van der Waals surface area contributed by atoms with E-state index in [1.54, 1.807) is 25.8 Å². The van der Waals surface area contributed by atoms with Crippen molar-refractivity contribution in [3.05, 3.63) is 100 Å². The zero-order chi connectivity index (χ0) is 34.7. The fraction of sp³-hybridized carbons (Fsp3) is 0.364. The molecule has 0 aliphatic carbocycles. The number of aryl methyl sites for hydroxylation is 1. The molecule has 14 heteroatoms. The Balaban J connectivity index is 1.51. The lowest BCUT2D eigenvalue weighted by Crippen LogP contribution is -2.65. The molecule has 5 rings (SSSR count). The van der Waals surface area contributed by atoms with Gasteiger partial charge in [-0.15, -0.1) is 0 Å². The first-order valence-electron chi connectivity index (χ1n) is 14.5. The van der Waals surface area contributed by atoms with Gasteiger partial charge in [0, 0.05) is 29.3 Å². The van der Waals surface area contributed by atoms with Gasteiger partial charge < -0.3 is 5.11 Å². The number of fused-ring (bicyclic) bond motifs is 1. The van der Waals surface area contributed by atoms with Gasteiger partial charge in [0.05, 0.1) is 17.6 Å². The maximum Gasteiger partial charge on any atom is 0.433 e. The minimum atomic E-state index is -4.78. The molecule has 3 heterocycles. The predicted molar refractivity (Wildman–Crippen MR) is 153 cm³/mol. The smallest absolute Gasteiger partial charge is 0.433 e. The Morgan fingerprint density at radius 1 is 0.936 bits per heavy atom. The van der Waals surface area contributed by atoms with E-state index in [-0.39, 0.29) is 28.7 Å². The predicted octanol–water partition coefficient (Wildman–Crippen LogP) is 7.97. The molecular weight excluding hydrogens is 638 g/mol. The van der Waals surface area contributed by atoms with Crippen LogP contribution in [0.5, 0.6) is 0 Å². The number of aromatic nitrogens is 1. The molecule has 1 unspecified atom stereocenters. The molecule has 1 amide bonds. The Morgan fingerprint density at radius 3 is 2.26 bits per heavy atom. The van der Waals surface area contributed by atoms with Crippen LogP contribution in [0.2, 0.25) is 0 Å². The molecule has 47 heavy (non-hydrogen) atoms. The lowest BCUT2D eigenvalue weighted by molar-refractivity contribution is -0.177. The third-order valence-electron chi connectivity index (χ3n) is 8.75. The standard InChI is InChI=1S/C33H29F8N3O3/c1-30(2)13-14-31(3)28(46)26(29(47)43(44(30)31)17-20-5-4-6-23(34)27(20)35)24(45)11-7-18-15-21(32(36,37)38)9-10-22(18)19-8-12-25(42-16-19)33(39,40)41/h4-6,8-10,12,15-16,46H,7,11,13-14,17H2,1-3H3. The zero-order valence-electron chi connectivity index (χ0n) is 25.4. The van der Waals surface area contributed by atoms with Gasteiger partial charge in [-0.25, -0.2) is 8.78 Å². The molecule has 2 aliphatic heterocycles. The Morgan fingerprint density at radius 2 is 1.64 bits per heavy atom.